The predicted octanol–water partition coefficient (Wildman–Crippen LogP) is -5.04. The van der Waals surface area contributed by atoms with Crippen LogP contribution in [-0.2, 0) is 0 Å². The van der Waals surface area contributed by atoms with E-state index in [1.807, 2.05) is 6.92 Å². The Hall–Kier alpha value is -0.500. The third-order valence-corrected chi connectivity index (χ3v) is 1.30. The molecule has 1 N–H and O–H groups in total. The van der Waals surface area contributed by atoms with Crippen LogP contribution in [-0.4, -0.2) is 18.8 Å². The summed E-state index contributed by atoms with van der Waals surface area (Å²) >= 11 is 0. The van der Waals surface area contributed by atoms with Crippen molar-refractivity contribution in [3.8, 4) is 0 Å². The molecule has 0 unspecified atom stereocenters. The highest BCUT2D eigenvalue weighted by Crippen LogP contribution is 1.86. The Kier molecular flexibility index (Phi) is 5.86. The van der Waals surface area contributed by atoms with Gasteiger partial charge in [-0.3, -0.25) is 4.99 Å². The van der Waals surface area contributed by atoms with Gasteiger partial charge in [0.15, 0.2) is 5.70 Å². The van der Waals surface area contributed by atoms with Crippen molar-refractivity contribution in [3.63, 3.8) is 0 Å². The van der Waals surface area contributed by atoms with E-state index in [1.54, 1.807) is 0 Å². The van der Waals surface area contributed by atoms with Crippen LogP contribution in [0.25, 0.3) is 0 Å². The van der Waals surface area contributed by atoms with Crippen molar-refractivity contribution in [1.29, 1.82) is 0 Å². The lowest BCUT2D eigenvalue weighted by Crippen LogP contribution is -2.82. The molecule has 0 fully saturated rings. The van der Waals surface area contributed by atoms with Gasteiger partial charge in [0.1, 0.15) is 6.54 Å². The monoisotopic (exact) mass is 223 g/mol. The highest BCUT2D eigenvalue weighted by molar-refractivity contribution is 5.93. The molecular formula is C7H12ClN2O4. The van der Waals surface area contributed by atoms with Gasteiger partial charge in [-0.1, -0.05) is 0 Å². The number of rotatable bonds is 0. The molecule has 81 valence electrons. The van der Waals surface area contributed by atoms with Crippen LogP contribution in [0, 0.1) is 10.2 Å². The van der Waals surface area contributed by atoms with Gasteiger partial charge in [0, 0.05) is 18.7 Å². The lowest BCUT2D eigenvalue weighted by Gasteiger charge is -2.17. The molecular weight excluding hydrogens is 212 g/mol. The molecule has 1 radical (unpaired) electrons. The number of hydrogen-bond donors (Lipinski definition) is 1. The molecule has 6 nitrogen and oxygen atoms in total. The Bertz CT molecular complexity index is 228. The van der Waals surface area contributed by atoms with Gasteiger partial charge < -0.3 is 0 Å². The quantitative estimate of drug-likeness (QED) is 0.442. The van der Waals surface area contributed by atoms with Crippen LogP contribution in [0.2, 0.25) is 0 Å². The largest absolute Gasteiger partial charge is 0.284 e. The molecule has 14 heavy (non-hydrogen) atoms. The Morgan fingerprint density at radius 1 is 1.29 bits per heavy atom. The lowest BCUT2D eigenvalue weighted by molar-refractivity contribution is -2.00. The van der Waals surface area contributed by atoms with E-state index in [1.165, 1.54) is 5.70 Å². The standard InChI is InChI=1S/C7H12N2.ClHO4/c1-6-5-7(2)9-4-3-8-6;2-1(3,4)5/h5,8H,3-4H2,1-2H3;(H,2,3,4,5)/q+1;/p-1. The van der Waals surface area contributed by atoms with Crippen LogP contribution in [0.5, 0.6) is 0 Å². The van der Waals surface area contributed by atoms with Crippen molar-refractivity contribution in [2.45, 2.75) is 13.8 Å². The van der Waals surface area contributed by atoms with Crippen molar-refractivity contribution in [1.82, 2.24) is 0 Å². The van der Waals surface area contributed by atoms with Crippen LogP contribution in [0.15, 0.2) is 16.8 Å². The Balaban J connectivity index is 0.000000292. The van der Waals surface area contributed by atoms with Crippen LogP contribution >= 0.6 is 0 Å². The first-order valence-electron chi connectivity index (χ1n) is 3.84. The summed E-state index contributed by atoms with van der Waals surface area (Å²) in [5, 5.41) is 3.22. The molecule has 7 heteroatoms. The summed E-state index contributed by atoms with van der Waals surface area (Å²) in [7, 11) is -4.94. The second kappa shape index (κ2) is 6.07. The number of aliphatic imine (C=N–C) groups is 1. The summed E-state index contributed by atoms with van der Waals surface area (Å²) in [5.41, 5.74) is 2.34. The summed E-state index contributed by atoms with van der Waals surface area (Å²) < 4.78 is 34.0. The van der Waals surface area contributed by atoms with Gasteiger partial charge >= 0.3 is 0 Å². The molecule has 1 heterocycles. The highest BCUT2D eigenvalue weighted by Gasteiger charge is 2.02. The van der Waals surface area contributed by atoms with Gasteiger partial charge in [-0.25, -0.2) is 18.6 Å². The van der Waals surface area contributed by atoms with Crippen molar-refractivity contribution >= 4 is 5.71 Å². The maximum absolute atomic E-state index is 8.49. The lowest BCUT2D eigenvalue weighted by atomic mass is 10.3. The first-order chi connectivity index (χ1) is 6.29. The van der Waals surface area contributed by atoms with Gasteiger partial charge in [0.25, 0.3) is 0 Å². The van der Waals surface area contributed by atoms with Crippen LogP contribution < -0.4 is 24.0 Å². The van der Waals surface area contributed by atoms with E-state index >= 15 is 0 Å². The topological polar surface area (TPSA) is 120 Å². The third-order valence-electron chi connectivity index (χ3n) is 1.30. The van der Waals surface area contributed by atoms with E-state index in [0.717, 1.165) is 18.8 Å². The average Bonchev–Trinajstić information content (AvgIpc) is 2.09. The maximum Gasteiger partial charge on any atom is 0.154 e. The van der Waals surface area contributed by atoms with Crippen molar-refractivity contribution in [3.05, 3.63) is 11.8 Å². The van der Waals surface area contributed by atoms with Gasteiger partial charge in [0.2, 0.25) is 0 Å². The number of hydrogen-bond acceptors (Lipinski definition) is 6. The van der Waals surface area contributed by atoms with E-state index in [0.29, 0.717) is 0 Å². The fraction of sp³-hybridized carbons (Fsp3) is 0.571. The summed E-state index contributed by atoms with van der Waals surface area (Å²) in [5.74, 6) is 0. The predicted molar refractivity (Wildman–Crippen MR) is 37.6 cm³/mol. The normalized spacial score (nSPS) is 17.3. The smallest absolute Gasteiger partial charge is 0.154 e. The molecule has 0 saturated carbocycles. The van der Waals surface area contributed by atoms with Crippen LogP contribution in [0.1, 0.15) is 13.8 Å². The van der Waals surface area contributed by atoms with Gasteiger partial charge in [-0.15, -0.1) is 15.6 Å². The number of nitrogens with zero attached hydrogens (tertiary/aromatic N) is 1. The molecule has 0 amide bonds. The number of halogens is 1. The molecule has 0 atom stereocenters. The summed E-state index contributed by atoms with van der Waals surface area (Å²) in [4.78, 5) is 4.25. The minimum absolute atomic E-state index is 0.902. The maximum atomic E-state index is 8.49. The summed E-state index contributed by atoms with van der Waals surface area (Å²) in [6, 6.07) is 0. The highest BCUT2D eigenvalue weighted by atomic mass is 35.7. The van der Waals surface area contributed by atoms with E-state index in [9.17, 15) is 0 Å². The van der Waals surface area contributed by atoms with Gasteiger partial charge in [-0.2, -0.15) is 0 Å². The summed E-state index contributed by atoms with van der Waals surface area (Å²) in [6.45, 7) is 5.96. The molecule has 0 spiro atoms. The Morgan fingerprint density at radius 2 is 1.79 bits per heavy atom. The van der Waals surface area contributed by atoms with Gasteiger partial charge in [-0.05, 0) is 6.92 Å². The van der Waals surface area contributed by atoms with Crippen LogP contribution in [0.4, 0.5) is 0 Å². The molecule has 1 aliphatic heterocycles. The minimum atomic E-state index is -4.94. The minimum Gasteiger partial charge on any atom is -0.284 e. The molecule has 0 aliphatic carbocycles. The fourth-order valence-electron chi connectivity index (χ4n) is 0.895. The van der Waals surface area contributed by atoms with E-state index < -0.39 is 10.2 Å². The van der Waals surface area contributed by atoms with Crippen molar-refractivity contribution in [2.75, 3.05) is 13.1 Å². The SMILES string of the molecule is CC1=CC(C)=NCC[NH+]1.[O-][Cl+3]([O-])([O-])[O-]. The van der Waals surface area contributed by atoms with E-state index in [4.69, 9.17) is 18.6 Å². The number of allylic oxidation sites excluding steroid dienone is 2. The second-order valence-electron chi connectivity index (χ2n) is 2.66. The Morgan fingerprint density at radius 3 is 2.29 bits per heavy atom. The third kappa shape index (κ3) is 11.5. The second-order valence-corrected chi connectivity index (χ2v) is 3.41. The Labute approximate surface area is 84.3 Å². The molecule has 0 saturated heterocycles. The first-order valence-corrected chi connectivity index (χ1v) is 5.07. The van der Waals surface area contributed by atoms with E-state index in [-0.39, 0.29) is 0 Å². The molecule has 0 bridgehead atoms. The first kappa shape index (κ1) is 13.5. The average molecular weight is 224 g/mol. The summed E-state index contributed by atoms with van der Waals surface area (Å²) in [6.07, 6.45) is 2.06. The zero-order valence-electron chi connectivity index (χ0n) is 7.95. The zero-order valence-corrected chi connectivity index (χ0v) is 8.71. The van der Waals surface area contributed by atoms with Crippen LogP contribution in [0.3, 0.4) is 0 Å². The molecule has 0 aromatic carbocycles. The van der Waals surface area contributed by atoms with Crippen molar-refractivity contribution < 1.29 is 34.2 Å². The number of nitrogens with one attached hydrogen (secondary N) is 1. The van der Waals surface area contributed by atoms with E-state index in [2.05, 4.69) is 23.3 Å². The fourth-order valence-corrected chi connectivity index (χ4v) is 0.895. The van der Waals surface area contributed by atoms with Gasteiger partial charge in [0.05, 0.1) is 6.54 Å². The van der Waals surface area contributed by atoms with Crippen molar-refractivity contribution in [2.24, 2.45) is 4.99 Å². The molecule has 0 aromatic rings. The molecule has 1 aliphatic rings. The zero-order chi connectivity index (χ0) is 11.2. The molecule has 0 aromatic heterocycles. The molecule has 1 rings (SSSR count).